The van der Waals surface area contributed by atoms with Crippen molar-refractivity contribution in [1.82, 2.24) is 4.90 Å². The van der Waals surface area contributed by atoms with Crippen molar-refractivity contribution in [3.63, 3.8) is 0 Å². The van der Waals surface area contributed by atoms with Crippen LogP contribution in [0.4, 0.5) is 5.69 Å². The molecule has 7 heteroatoms. The number of carbonyl (C=O) groups excluding carboxylic acids is 2. The molecule has 0 bridgehead atoms. The van der Waals surface area contributed by atoms with E-state index < -0.39 is 0 Å². The van der Waals surface area contributed by atoms with Crippen LogP contribution in [0.1, 0.15) is 28.8 Å². The summed E-state index contributed by atoms with van der Waals surface area (Å²) in [4.78, 5) is 28.1. The third-order valence-corrected chi connectivity index (χ3v) is 5.11. The molecule has 2 aromatic rings. The third kappa shape index (κ3) is 4.20. The van der Waals surface area contributed by atoms with E-state index in [1.165, 1.54) is 0 Å². The van der Waals surface area contributed by atoms with Crippen LogP contribution in [0.5, 0.6) is 5.75 Å². The van der Waals surface area contributed by atoms with Crippen LogP contribution in [0.25, 0.3) is 0 Å². The molecule has 27 heavy (non-hydrogen) atoms. The summed E-state index contributed by atoms with van der Waals surface area (Å²) in [5.41, 5.74) is 1.86. The summed E-state index contributed by atoms with van der Waals surface area (Å²) < 4.78 is 5.34. The van der Waals surface area contributed by atoms with E-state index in [0.29, 0.717) is 46.6 Å². The number of ether oxygens (including phenoxy) is 1. The number of benzene rings is 2. The van der Waals surface area contributed by atoms with Gasteiger partial charge >= 0.3 is 0 Å². The predicted molar refractivity (Wildman–Crippen MR) is 107 cm³/mol. The van der Waals surface area contributed by atoms with Gasteiger partial charge in [-0.15, -0.1) is 0 Å². The molecule has 1 heterocycles. The van der Waals surface area contributed by atoms with Gasteiger partial charge in [0.1, 0.15) is 5.75 Å². The Morgan fingerprint density at radius 3 is 2.67 bits per heavy atom. The number of amides is 2. The maximum atomic E-state index is 12.9. The highest BCUT2D eigenvalue weighted by Gasteiger charge is 2.25. The summed E-state index contributed by atoms with van der Waals surface area (Å²) in [6.07, 6.45) is 1.30. The number of carbonyl (C=O) groups is 2. The fourth-order valence-electron chi connectivity index (χ4n) is 3.17. The van der Waals surface area contributed by atoms with E-state index in [9.17, 15) is 9.59 Å². The zero-order valence-corrected chi connectivity index (χ0v) is 16.7. The molecule has 0 N–H and O–H groups in total. The Bertz CT molecular complexity index is 886. The monoisotopic (exact) mass is 406 g/mol. The van der Waals surface area contributed by atoms with Crippen LogP contribution in [-0.2, 0) is 11.3 Å². The van der Waals surface area contributed by atoms with Crippen molar-refractivity contribution >= 4 is 40.7 Å². The molecular weight excluding hydrogens is 387 g/mol. The van der Waals surface area contributed by atoms with Gasteiger partial charge in [-0.05, 0) is 42.8 Å². The van der Waals surface area contributed by atoms with Crippen molar-refractivity contribution in [1.29, 1.82) is 0 Å². The highest BCUT2D eigenvalue weighted by Crippen LogP contribution is 2.31. The Balaban J connectivity index is 1.83. The van der Waals surface area contributed by atoms with Gasteiger partial charge in [-0.1, -0.05) is 23.2 Å². The van der Waals surface area contributed by atoms with Gasteiger partial charge in [0, 0.05) is 42.7 Å². The maximum absolute atomic E-state index is 12.9. The second-order valence-corrected chi connectivity index (χ2v) is 7.28. The number of hydrogen-bond donors (Lipinski definition) is 0. The van der Waals surface area contributed by atoms with Crippen LogP contribution in [0.2, 0.25) is 10.0 Å². The van der Waals surface area contributed by atoms with Crippen LogP contribution in [0.3, 0.4) is 0 Å². The molecule has 142 valence electrons. The van der Waals surface area contributed by atoms with Crippen molar-refractivity contribution in [3.8, 4) is 5.75 Å². The molecule has 3 rings (SSSR count). The number of nitrogens with zero attached hydrogens (tertiary/aromatic N) is 2. The summed E-state index contributed by atoms with van der Waals surface area (Å²) >= 11 is 12.3. The average molecular weight is 407 g/mol. The second kappa shape index (κ2) is 8.19. The first-order valence-electron chi connectivity index (χ1n) is 8.58. The second-order valence-electron chi connectivity index (χ2n) is 6.43. The summed E-state index contributed by atoms with van der Waals surface area (Å²) in [6.45, 7) is 0.953. The molecule has 0 aliphatic carbocycles. The highest BCUT2D eigenvalue weighted by molar-refractivity contribution is 6.34. The molecule has 0 unspecified atom stereocenters. The van der Waals surface area contributed by atoms with E-state index in [-0.39, 0.29) is 11.8 Å². The normalized spacial score (nSPS) is 13.8. The highest BCUT2D eigenvalue weighted by atomic mass is 35.5. The lowest BCUT2D eigenvalue weighted by Crippen LogP contribution is -2.28. The van der Waals surface area contributed by atoms with Crippen molar-refractivity contribution in [2.75, 3.05) is 25.6 Å². The lowest BCUT2D eigenvalue weighted by atomic mass is 10.1. The largest absolute Gasteiger partial charge is 0.496 e. The number of hydrogen-bond acceptors (Lipinski definition) is 3. The zero-order chi connectivity index (χ0) is 19.6. The van der Waals surface area contributed by atoms with E-state index in [2.05, 4.69) is 0 Å². The molecule has 0 saturated carbocycles. The minimum absolute atomic E-state index is 0.0264. The van der Waals surface area contributed by atoms with Gasteiger partial charge < -0.3 is 14.5 Å². The number of halogens is 2. The molecule has 2 amide bonds. The molecule has 1 aliphatic heterocycles. The van der Waals surface area contributed by atoms with E-state index in [4.69, 9.17) is 27.9 Å². The van der Waals surface area contributed by atoms with E-state index in [0.717, 1.165) is 12.0 Å². The Labute approximate surface area is 168 Å². The quantitative estimate of drug-likeness (QED) is 0.738. The maximum Gasteiger partial charge on any atom is 0.253 e. The standard InChI is InChI=1S/C20H20Cl2N2O3/c1-23(12-14-10-15(21)6-8-18(14)27-2)20(26)13-5-7-16(22)17(11-13)24-9-3-4-19(24)25/h5-8,10-11H,3-4,9,12H2,1-2H3. The van der Waals surface area contributed by atoms with Crippen LogP contribution in [0, 0.1) is 0 Å². The molecule has 5 nitrogen and oxygen atoms in total. The zero-order valence-electron chi connectivity index (χ0n) is 15.2. The van der Waals surface area contributed by atoms with Crippen molar-refractivity contribution < 1.29 is 14.3 Å². The Kier molecular flexibility index (Phi) is 5.92. The predicted octanol–water partition coefficient (Wildman–Crippen LogP) is 4.40. The van der Waals surface area contributed by atoms with E-state index >= 15 is 0 Å². The molecule has 0 aromatic heterocycles. The Hall–Kier alpha value is -2.24. The molecule has 0 spiro atoms. The molecule has 1 saturated heterocycles. The van der Waals surface area contributed by atoms with E-state index in [1.54, 1.807) is 60.4 Å². The van der Waals surface area contributed by atoms with Crippen LogP contribution < -0.4 is 9.64 Å². The molecule has 0 radical (unpaired) electrons. The number of methoxy groups -OCH3 is 1. The SMILES string of the molecule is COc1ccc(Cl)cc1CN(C)C(=O)c1ccc(Cl)c(N2CCCC2=O)c1. The lowest BCUT2D eigenvalue weighted by Gasteiger charge is -2.21. The van der Waals surface area contributed by atoms with Gasteiger partial charge in [0.25, 0.3) is 5.91 Å². The van der Waals surface area contributed by atoms with Gasteiger partial charge in [-0.25, -0.2) is 0 Å². The average Bonchev–Trinajstić information content (AvgIpc) is 3.07. The first-order chi connectivity index (χ1) is 12.9. The van der Waals surface area contributed by atoms with Crippen LogP contribution in [-0.4, -0.2) is 37.4 Å². The van der Waals surface area contributed by atoms with Crippen LogP contribution >= 0.6 is 23.2 Å². The first-order valence-corrected chi connectivity index (χ1v) is 9.34. The smallest absolute Gasteiger partial charge is 0.253 e. The molecule has 1 aliphatic rings. The molecule has 0 atom stereocenters. The van der Waals surface area contributed by atoms with Crippen molar-refractivity contribution in [2.45, 2.75) is 19.4 Å². The van der Waals surface area contributed by atoms with E-state index in [1.807, 2.05) is 0 Å². The summed E-state index contributed by atoms with van der Waals surface area (Å²) in [5, 5.41) is 1.04. The van der Waals surface area contributed by atoms with Gasteiger partial charge in [0.05, 0.1) is 17.8 Å². The van der Waals surface area contributed by atoms with Crippen molar-refractivity contribution in [2.24, 2.45) is 0 Å². The van der Waals surface area contributed by atoms with Gasteiger partial charge in [0.2, 0.25) is 5.91 Å². The fourth-order valence-corrected chi connectivity index (χ4v) is 3.59. The topological polar surface area (TPSA) is 49.9 Å². The third-order valence-electron chi connectivity index (χ3n) is 4.55. The lowest BCUT2D eigenvalue weighted by molar-refractivity contribution is -0.117. The van der Waals surface area contributed by atoms with Crippen LogP contribution in [0.15, 0.2) is 36.4 Å². The summed E-state index contributed by atoms with van der Waals surface area (Å²) in [6, 6.07) is 10.3. The first kappa shape index (κ1) is 19.5. The van der Waals surface area contributed by atoms with Gasteiger partial charge in [-0.3, -0.25) is 9.59 Å². The summed E-state index contributed by atoms with van der Waals surface area (Å²) in [5.74, 6) is 0.513. The number of rotatable bonds is 5. The number of anilines is 1. The van der Waals surface area contributed by atoms with Gasteiger partial charge in [0.15, 0.2) is 0 Å². The molecule has 1 fully saturated rings. The minimum Gasteiger partial charge on any atom is -0.496 e. The van der Waals surface area contributed by atoms with Gasteiger partial charge in [-0.2, -0.15) is 0 Å². The molecule has 2 aromatic carbocycles. The fraction of sp³-hybridized carbons (Fsp3) is 0.300. The Morgan fingerprint density at radius 2 is 2.00 bits per heavy atom. The minimum atomic E-state index is -0.179. The molecular formula is C20H20Cl2N2O3. The summed E-state index contributed by atoms with van der Waals surface area (Å²) in [7, 11) is 3.28. The van der Waals surface area contributed by atoms with Crippen molar-refractivity contribution in [3.05, 3.63) is 57.6 Å². The Morgan fingerprint density at radius 1 is 1.22 bits per heavy atom.